The molecule has 2 aromatic rings. The highest BCUT2D eigenvalue weighted by Gasteiger charge is 2.29. The average molecular weight is 330 g/mol. The van der Waals surface area contributed by atoms with Gasteiger partial charge in [-0.25, -0.2) is 9.80 Å². The van der Waals surface area contributed by atoms with E-state index < -0.39 is 0 Å². The van der Waals surface area contributed by atoms with Crippen molar-refractivity contribution in [2.75, 3.05) is 11.6 Å². The van der Waals surface area contributed by atoms with Gasteiger partial charge >= 0.3 is 5.69 Å². The molecule has 3 heterocycles. The van der Waals surface area contributed by atoms with Crippen LogP contribution >= 0.6 is 0 Å². The van der Waals surface area contributed by atoms with Gasteiger partial charge in [0.1, 0.15) is 0 Å². The number of hydrazone groups is 1. The van der Waals surface area contributed by atoms with E-state index in [4.69, 9.17) is 0 Å². The third-order valence-corrected chi connectivity index (χ3v) is 4.39. The van der Waals surface area contributed by atoms with Gasteiger partial charge in [0.05, 0.1) is 18.3 Å². The highest BCUT2D eigenvalue weighted by Crippen LogP contribution is 2.29. The number of hydrogen-bond acceptors (Lipinski definition) is 5. The summed E-state index contributed by atoms with van der Waals surface area (Å²) in [6, 6.07) is -0.101. The Hall–Kier alpha value is -2.64. The number of imidazole rings is 1. The highest BCUT2D eigenvalue weighted by atomic mass is 16.2. The number of nitrogens with zero attached hydrogens (tertiary/aromatic N) is 6. The average Bonchev–Trinajstić information content (AvgIpc) is 2.93. The van der Waals surface area contributed by atoms with Crippen LogP contribution in [-0.2, 0) is 13.6 Å². The molecule has 0 radical (unpaired) electrons. The largest absolute Gasteiger partial charge is 0.332 e. The maximum atomic E-state index is 13.0. The fourth-order valence-electron chi connectivity index (χ4n) is 3.00. The Balaban J connectivity index is 2.45. The van der Waals surface area contributed by atoms with E-state index in [1.165, 1.54) is 9.13 Å². The summed E-state index contributed by atoms with van der Waals surface area (Å²) in [7, 11) is 1.63. The maximum absolute atomic E-state index is 13.0. The van der Waals surface area contributed by atoms with E-state index >= 15 is 0 Å². The number of aryl methyl sites for hydroxylation is 1. The van der Waals surface area contributed by atoms with E-state index in [0.29, 0.717) is 23.7 Å². The molecule has 2 aromatic heterocycles. The van der Waals surface area contributed by atoms with E-state index in [1.54, 1.807) is 19.0 Å². The normalized spacial score (nSPS) is 17.1. The lowest BCUT2D eigenvalue weighted by molar-refractivity contribution is 0.629. The van der Waals surface area contributed by atoms with E-state index in [9.17, 15) is 9.59 Å². The van der Waals surface area contributed by atoms with Crippen LogP contribution in [-0.4, -0.2) is 30.9 Å². The van der Waals surface area contributed by atoms with Crippen molar-refractivity contribution in [1.82, 2.24) is 18.7 Å². The predicted molar refractivity (Wildman–Crippen MR) is 94.9 cm³/mol. The van der Waals surface area contributed by atoms with Gasteiger partial charge in [0, 0.05) is 13.6 Å². The molecule has 1 atom stereocenters. The number of allylic oxidation sites excluding steroid dienone is 1. The van der Waals surface area contributed by atoms with Crippen molar-refractivity contribution >= 4 is 22.8 Å². The molecule has 1 unspecified atom stereocenters. The molecule has 0 saturated heterocycles. The van der Waals surface area contributed by atoms with Crippen LogP contribution in [0, 0.1) is 0 Å². The fourth-order valence-corrected chi connectivity index (χ4v) is 3.00. The standard InChI is InChI=1S/C16H22N6O2/c1-7-21-15-17-13-12(22(15)11(5)10(4)18-21)14(23)20(8-9(2)3)16(24)19(13)6/h11H,2,7-8H2,1,3-6H3. The van der Waals surface area contributed by atoms with E-state index in [0.717, 1.165) is 11.3 Å². The molecule has 0 saturated carbocycles. The summed E-state index contributed by atoms with van der Waals surface area (Å²) in [6.07, 6.45) is 0. The molecule has 24 heavy (non-hydrogen) atoms. The third kappa shape index (κ3) is 2.13. The lowest BCUT2D eigenvalue weighted by Gasteiger charge is -2.28. The summed E-state index contributed by atoms with van der Waals surface area (Å²) in [5.41, 5.74) is 1.71. The Labute approximate surface area is 139 Å². The minimum atomic E-state index is -0.390. The van der Waals surface area contributed by atoms with Crippen LogP contribution in [0.25, 0.3) is 11.2 Å². The zero-order valence-electron chi connectivity index (χ0n) is 14.7. The van der Waals surface area contributed by atoms with Gasteiger partial charge in [0.15, 0.2) is 11.2 Å². The molecule has 1 aliphatic rings. The summed E-state index contributed by atoms with van der Waals surface area (Å²) >= 11 is 0. The predicted octanol–water partition coefficient (Wildman–Crippen LogP) is 1.25. The van der Waals surface area contributed by atoms with Crippen LogP contribution < -0.4 is 16.3 Å². The Kier molecular flexibility index (Phi) is 3.70. The summed E-state index contributed by atoms with van der Waals surface area (Å²) in [4.78, 5) is 30.1. The van der Waals surface area contributed by atoms with Gasteiger partial charge in [0.2, 0.25) is 5.95 Å². The minimum Gasteiger partial charge on any atom is -0.294 e. The molecule has 0 aromatic carbocycles. The van der Waals surface area contributed by atoms with Gasteiger partial charge in [-0.3, -0.25) is 18.5 Å². The molecule has 128 valence electrons. The molecule has 0 bridgehead atoms. The Morgan fingerprint density at radius 2 is 2.00 bits per heavy atom. The minimum absolute atomic E-state index is 0.101. The van der Waals surface area contributed by atoms with Crippen molar-refractivity contribution in [3.05, 3.63) is 33.0 Å². The quantitative estimate of drug-likeness (QED) is 0.794. The van der Waals surface area contributed by atoms with Gasteiger partial charge in [-0.05, 0) is 27.7 Å². The molecule has 8 nitrogen and oxygen atoms in total. The number of aromatic nitrogens is 4. The Morgan fingerprint density at radius 3 is 2.58 bits per heavy atom. The van der Waals surface area contributed by atoms with Crippen molar-refractivity contribution in [3.63, 3.8) is 0 Å². The molecule has 0 aliphatic carbocycles. The second-order valence-corrected chi connectivity index (χ2v) is 6.28. The van der Waals surface area contributed by atoms with Crippen LogP contribution in [0.3, 0.4) is 0 Å². The first-order valence-corrected chi connectivity index (χ1v) is 7.96. The summed E-state index contributed by atoms with van der Waals surface area (Å²) in [6.45, 7) is 12.3. The molecule has 0 N–H and O–H groups in total. The molecule has 8 heteroatoms. The zero-order valence-corrected chi connectivity index (χ0v) is 14.7. The van der Waals surface area contributed by atoms with Crippen molar-refractivity contribution in [2.24, 2.45) is 12.1 Å². The van der Waals surface area contributed by atoms with Gasteiger partial charge in [0.25, 0.3) is 5.56 Å². The van der Waals surface area contributed by atoms with Crippen molar-refractivity contribution in [1.29, 1.82) is 0 Å². The number of anilines is 1. The van der Waals surface area contributed by atoms with Gasteiger partial charge in [-0.1, -0.05) is 12.2 Å². The van der Waals surface area contributed by atoms with Crippen molar-refractivity contribution < 1.29 is 0 Å². The molecule has 1 aliphatic heterocycles. The lowest BCUT2D eigenvalue weighted by atomic mass is 10.2. The van der Waals surface area contributed by atoms with Gasteiger partial charge < -0.3 is 0 Å². The van der Waals surface area contributed by atoms with Crippen LogP contribution in [0.2, 0.25) is 0 Å². The smallest absolute Gasteiger partial charge is 0.294 e. The SMILES string of the molecule is C=C(C)Cn1c(=O)c2c(nc3n2C(C)C(C)=NN3CC)n(C)c1=O. The highest BCUT2D eigenvalue weighted by molar-refractivity contribution is 5.90. The Bertz CT molecular complexity index is 991. The molecular weight excluding hydrogens is 308 g/mol. The van der Waals surface area contributed by atoms with Crippen LogP contribution in [0.15, 0.2) is 26.8 Å². The fraction of sp³-hybridized carbons (Fsp3) is 0.500. The number of rotatable bonds is 3. The first-order valence-electron chi connectivity index (χ1n) is 7.96. The summed E-state index contributed by atoms with van der Waals surface area (Å²) < 4.78 is 4.50. The van der Waals surface area contributed by atoms with Crippen LogP contribution in [0.5, 0.6) is 0 Å². The molecule has 0 fully saturated rings. The number of hydrogen-bond donors (Lipinski definition) is 0. The van der Waals surface area contributed by atoms with Crippen LogP contribution in [0.1, 0.15) is 33.7 Å². The number of fused-ring (bicyclic) bond motifs is 3. The first-order chi connectivity index (χ1) is 11.3. The Morgan fingerprint density at radius 1 is 1.33 bits per heavy atom. The van der Waals surface area contributed by atoms with Gasteiger partial charge in [-0.15, -0.1) is 0 Å². The first kappa shape index (κ1) is 16.2. The monoisotopic (exact) mass is 330 g/mol. The molecule has 0 spiro atoms. The molecular formula is C16H22N6O2. The second-order valence-electron chi connectivity index (χ2n) is 6.28. The van der Waals surface area contributed by atoms with E-state index in [1.807, 2.05) is 25.3 Å². The molecule has 3 rings (SSSR count). The van der Waals surface area contributed by atoms with Gasteiger partial charge in [-0.2, -0.15) is 10.1 Å². The van der Waals surface area contributed by atoms with E-state index in [2.05, 4.69) is 16.7 Å². The van der Waals surface area contributed by atoms with Crippen molar-refractivity contribution in [3.8, 4) is 0 Å². The maximum Gasteiger partial charge on any atom is 0.332 e. The summed E-state index contributed by atoms with van der Waals surface area (Å²) in [5.74, 6) is 0.589. The van der Waals surface area contributed by atoms with Crippen molar-refractivity contribution in [2.45, 2.75) is 40.3 Å². The van der Waals surface area contributed by atoms with E-state index in [-0.39, 0.29) is 23.8 Å². The topological polar surface area (TPSA) is 77.4 Å². The molecule has 0 amide bonds. The zero-order chi connectivity index (χ0) is 17.8. The summed E-state index contributed by atoms with van der Waals surface area (Å²) in [5, 5.41) is 6.28. The lowest BCUT2D eigenvalue weighted by Crippen LogP contribution is -2.40. The third-order valence-electron chi connectivity index (χ3n) is 4.39. The second kappa shape index (κ2) is 5.47. The van der Waals surface area contributed by atoms with Crippen LogP contribution in [0.4, 0.5) is 5.95 Å².